The number of hydrogen-bond donors (Lipinski definition) is 1. The fraction of sp³-hybridized carbons (Fsp3) is 0.643. The van der Waals surface area contributed by atoms with Crippen molar-refractivity contribution < 1.29 is 0 Å². The average molecular weight is 259 g/mol. The van der Waals surface area contributed by atoms with Gasteiger partial charge in [-0.2, -0.15) is 5.26 Å². The summed E-state index contributed by atoms with van der Waals surface area (Å²) >= 11 is 0. The Labute approximate surface area is 114 Å². The van der Waals surface area contributed by atoms with Crippen molar-refractivity contribution in [1.82, 2.24) is 14.9 Å². The van der Waals surface area contributed by atoms with Crippen LogP contribution in [-0.4, -0.2) is 34.5 Å². The molecule has 1 fully saturated rings. The van der Waals surface area contributed by atoms with Crippen LogP contribution in [-0.2, 0) is 6.54 Å². The van der Waals surface area contributed by atoms with Crippen molar-refractivity contribution in [2.24, 2.45) is 5.92 Å². The number of nitriles is 1. The number of anilines is 1. The summed E-state index contributed by atoms with van der Waals surface area (Å²) in [5, 5.41) is 12.1. The highest BCUT2D eigenvalue weighted by molar-refractivity contribution is 5.24. The van der Waals surface area contributed by atoms with Crippen molar-refractivity contribution in [3.63, 3.8) is 0 Å². The van der Waals surface area contributed by atoms with Crippen LogP contribution in [0.5, 0.6) is 0 Å². The van der Waals surface area contributed by atoms with Crippen molar-refractivity contribution >= 4 is 5.95 Å². The molecule has 0 bridgehead atoms. The van der Waals surface area contributed by atoms with Crippen molar-refractivity contribution in [2.45, 2.75) is 32.7 Å². The van der Waals surface area contributed by atoms with E-state index in [1.165, 1.54) is 0 Å². The molecule has 1 N–H and O–H groups in total. The summed E-state index contributed by atoms with van der Waals surface area (Å²) in [7, 11) is 0. The first-order valence-corrected chi connectivity index (χ1v) is 6.98. The molecule has 1 aliphatic rings. The molecule has 0 aromatic carbocycles. The maximum Gasteiger partial charge on any atom is 0.222 e. The molecule has 0 spiro atoms. The summed E-state index contributed by atoms with van der Waals surface area (Å²) in [5.41, 5.74) is 1.11. The van der Waals surface area contributed by atoms with E-state index in [1.54, 1.807) is 0 Å². The third-order valence-electron chi connectivity index (χ3n) is 3.33. The molecule has 2 heterocycles. The zero-order chi connectivity index (χ0) is 13.5. The van der Waals surface area contributed by atoms with Crippen LogP contribution in [0.4, 0.5) is 5.95 Å². The van der Waals surface area contributed by atoms with Crippen LogP contribution in [0, 0.1) is 17.2 Å². The highest BCUT2D eigenvalue weighted by Gasteiger charge is 2.19. The maximum atomic E-state index is 8.98. The quantitative estimate of drug-likeness (QED) is 0.876. The molecule has 5 nitrogen and oxygen atoms in total. The van der Waals surface area contributed by atoms with Crippen LogP contribution in [0.3, 0.4) is 0 Å². The van der Waals surface area contributed by atoms with Crippen molar-refractivity contribution in [3.05, 3.63) is 18.0 Å². The van der Waals surface area contributed by atoms with Gasteiger partial charge < -0.3 is 5.32 Å². The van der Waals surface area contributed by atoms with Gasteiger partial charge in [-0.15, -0.1) is 0 Å². The van der Waals surface area contributed by atoms with E-state index in [0.29, 0.717) is 5.95 Å². The molecule has 1 unspecified atom stereocenters. The summed E-state index contributed by atoms with van der Waals surface area (Å²) in [6.45, 7) is 5.78. The van der Waals surface area contributed by atoms with E-state index in [-0.39, 0.29) is 5.92 Å². The largest absolute Gasteiger partial charge is 0.354 e. The second-order valence-corrected chi connectivity index (χ2v) is 5.05. The summed E-state index contributed by atoms with van der Waals surface area (Å²) < 4.78 is 0. The fourth-order valence-corrected chi connectivity index (χ4v) is 2.33. The van der Waals surface area contributed by atoms with E-state index in [4.69, 9.17) is 5.26 Å². The molecule has 0 radical (unpaired) electrons. The number of piperidine rings is 1. The Morgan fingerprint density at radius 2 is 2.26 bits per heavy atom. The fourth-order valence-electron chi connectivity index (χ4n) is 2.33. The van der Waals surface area contributed by atoms with Crippen LogP contribution >= 0.6 is 0 Å². The minimum Gasteiger partial charge on any atom is -0.354 e. The third-order valence-corrected chi connectivity index (χ3v) is 3.33. The molecule has 102 valence electrons. The van der Waals surface area contributed by atoms with Gasteiger partial charge in [-0.1, -0.05) is 6.92 Å². The van der Waals surface area contributed by atoms with Crippen molar-refractivity contribution in [3.8, 4) is 6.07 Å². The predicted octanol–water partition coefficient (Wildman–Crippen LogP) is 2.03. The minimum atomic E-state index is 0.181. The topological polar surface area (TPSA) is 64.8 Å². The molecule has 1 aromatic rings. The number of nitrogens with one attached hydrogen (secondary N) is 1. The number of nitrogens with zero attached hydrogens (tertiary/aromatic N) is 4. The zero-order valence-corrected chi connectivity index (χ0v) is 11.5. The van der Waals surface area contributed by atoms with Crippen LogP contribution in [0.25, 0.3) is 0 Å². The molecule has 1 saturated heterocycles. The van der Waals surface area contributed by atoms with Crippen molar-refractivity contribution in [1.29, 1.82) is 5.26 Å². The SMILES string of the molecule is CCCNc1ncc(CN2CCCC(C#N)C2)cn1. The highest BCUT2D eigenvalue weighted by Crippen LogP contribution is 2.17. The Kier molecular flexibility index (Phi) is 5.10. The number of hydrogen-bond acceptors (Lipinski definition) is 5. The molecule has 0 saturated carbocycles. The molecule has 5 heteroatoms. The Bertz CT molecular complexity index is 422. The summed E-state index contributed by atoms with van der Waals surface area (Å²) in [6.07, 6.45) is 6.95. The van der Waals surface area contributed by atoms with E-state index in [9.17, 15) is 0 Å². The van der Waals surface area contributed by atoms with Crippen molar-refractivity contribution in [2.75, 3.05) is 25.0 Å². The maximum absolute atomic E-state index is 8.98. The lowest BCUT2D eigenvalue weighted by atomic mass is 9.99. The molecule has 1 atom stereocenters. The van der Waals surface area contributed by atoms with E-state index < -0.39 is 0 Å². The number of likely N-dealkylation sites (tertiary alicyclic amines) is 1. The summed E-state index contributed by atoms with van der Waals surface area (Å²) in [5.74, 6) is 0.874. The summed E-state index contributed by atoms with van der Waals surface area (Å²) in [4.78, 5) is 10.9. The average Bonchev–Trinajstić information content (AvgIpc) is 2.47. The summed E-state index contributed by atoms with van der Waals surface area (Å²) in [6, 6.07) is 2.37. The molecule has 0 amide bonds. The smallest absolute Gasteiger partial charge is 0.222 e. The molecule has 0 aliphatic carbocycles. The highest BCUT2D eigenvalue weighted by atomic mass is 15.1. The normalized spacial score (nSPS) is 19.9. The van der Waals surface area contributed by atoms with Gasteiger partial charge in [-0.05, 0) is 25.8 Å². The first-order valence-electron chi connectivity index (χ1n) is 6.98. The first-order chi connectivity index (χ1) is 9.31. The van der Waals surface area contributed by atoms with Gasteiger partial charge in [0.15, 0.2) is 0 Å². The molecule has 19 heavy (non-hydrogen) atoms. The Balaban J connectivity index is 1.87. The van der Waals surface area contributed by atoms with Crippen LogP contribution in [0.2, 0.25) is 0 Å². The van der Waals surface area contributed by atoms with Gasteiger partial charge in [0, 0.05) is 37.6 Å². The molecule has 2 rings (SSSR count). The van der Waals surface area contributed by atoms with Gasteiger partial charge in [0.25, 0.3) is 0 Å². The lowest BCUT2D eigenvalue weighted by molar-refractivity contribution is 0.192. The molecular weight excluding hydrogens is 238 g/mol. The van der Waals surface area contributed by atoms with Gasteiger partial charge in [-0.25, -0.2) is 9.97 Å². The minimum absolute atomic E-state index is 0.181. The van der Waals surface area contributed by atoms with E-state index in [1.807, 2.05) is 12.4 Å². The van der Waals surface area contributed by atoms with Crippen LogP contribution < -0.4 is 5.32 Å². The predicted molar refractivity (Wildman–Crippen MR) is 74.4 cm³/mol. The van der Waals surface area contributed by atoms with E-state index in [2.05, 4.69) is 33.2 Å². The lowest BCUT2D eigenvalue weighted by Gasteiger charge is -2.29. The molecular formula is C14H21N5. The Morgan fingerprint density at radius 1 is 1.47 bits per heavy atom. The van der Waals surface area contributed by atoms with Gasteiger partial charge >= 0.3 is 0 Å². The number of aromatic nitrogens is 2. The van der Waals surface area contributed by atoms with Crippen LogP contribution in [0.1, 0.15) is 31.7 Å². The van der Waals surface area contributed by atoms with Gasteiger partial charge in [-0.3, -0.25) is 4.90 Å². The monoisotopic (exact) mass is 259 g/mol. The van der Waals surface area contributed by atoms with Gasteiger partial charge in [0.1, 0.15) is 0 Å². The third kappa shape index (κ3) is 4.18. The van der Waals surface area contributed by atoms with Gasteiger partial charge in [0.05, 0.1) is 12.0 Å². The second-order valence-electron chi connectivity index (χ2n) is 5.05. The number of rotatable bonds is 5. The van der Waals surface area contributed by atoms with E-state index in [0.717, 1.165) is 51.0 Å². The Morgan fingerprint density at radius 3 is 2.95 bits per heavy atom. The molecule has 1 aliphatic heterocycles. The zero-order valence-electron chi connectivity index (χ0n) is 11.5. The second kappa shape index (κ2) is 7.05. The first kappa shape index (κ1) is 13.8. The van der Waals surface area contributed by atoms with Crippen LogP contribution in [0.15, 0.2) is 12.4 Å². The Hall–Kier alpha value is -1.67. The van der Waals surface area contributed by atoms with E-state index >= 15 is 0 Å². The standard InChI is InChI=1S/C14H21N5/c1-2-5-16-14-17-8-13(9-18-14)11-19-6-3-4-12(7-15)10-19/h8-9,12H,2-6,10-11H2,1H3,(H,16,17,18). The lowest BCUT2D eigenvalue weighted by Crippen LogP contribution is -2.34. The van der Waals surface area contributed by atoms with Gasteiger partial charge in [0.2, 0.25) is 5.95 Å². The molecule has 1 aromatic heterocycles.